The molecule has 0 radical (unpaired) electrons. The van der Waals surface area contributed by atoms with Crippen molar-refractivity contribution in [1.29, 1.82) is 0 Å². The number of para-hydroxylation sites is 2. The van der Waals surface area contributed by atoms with E-state index in [2.05, 4.69) is 10.3 Å². The zero-order chi connectivity index (χ0) is 15.5. The fraction of sp³-hybridized carbons (Fsp3) is 0.176. The van der Waals surface area contributed by atoms with Gasteiger partial charge in [0.2, 0.25) is 5.91 Å². The van der Waals surface area contributed by atoms with Crippen LogP contribution in [0.3, 0.4) is 0 Å². The highest BCUT2D eigenvalue weighted by molar-refractivity contribution is 5.89. The number of amides is 1. The quantitative estimate of drug-likeness (QED) is 0.777. The molecule has 0 saturated heterocycles. The first-order valence-corrected chi connectivity index (χ1v) is 7.13. The molecule has 0 fully saturated rings. The number of hydrogen-bond donors (Lipinski definition) is 2. The summed E-state index contributed by atoms with van der Waals surface area (Å²) in [7, 11) is 0. The Balaban J connectivity index is 2.13. The highest BCUT2D eigenvalue weighted by atomic mass is 16.3. The molecule has 0 saturated carbocycles. The molecule has 2 aromatic carbocycles. The SMILES string of the molecule is CC(=O)Nc1cccc(-c2nc3ccccc3n2CCO)c1. The molecule has 3 aromatic rings. The van der Waals surface area contributed by atoms with Crippen molar-refractivity contribution < 1.29 is 9.90 Å². The molecule has 5 nitrogen and oxygen atoms in total. The molecule has 3 rings (SSSR count). The number of nitrogens with one attached hydrogen (secondary N) is 1. The van der Waals surface area contributed by atoms with Crippen LogP contribution in [0.15, 0.2) is 48.5 Å². The molecule has 112 valence electrons. The van der Waals surface area contributed by atoms with Crippen molar-refractivity contribution in [2.24, 2.45) is 0 Å². The van der Waals surface area contributed by atoms with Gasteiger partial charge in [-0.25, -0.2) is 4.98 Å². The second kappa shape index (κ2) is 5.99. The Kier molecular flexibility index (Phi) is 3.89. The summed E-state index contributed by atoms with van der Waals surface area (Å²) in [5.41, 5.74) is 3.50. The number of hydrogen-bond acceptors (Lipinski definition) is 3. The predicted molar refractivity (Wildman–Crippen MR) is 86.6 cm³/mol. The van der Waals surface area contributed by atoms with Crippen molar-refractivity contribution >= 4 is 22.6 Å². The molecule has 0 aliphatic heterocycles. The molecule has 1 heterocycles. The Morgan fingerprint density at radius 3 is 2.82 bits per heavy atom. The Bertz CT molecular complexity index is 824. The second-order valence-corrected chi connectivity index (χ2v) is 5.06. The Labute approximate surface area is 128 Å². The second-order valence-electron chi connectivity index (χ2n) is 5.06. The first-order valence-electron chi connectivity index (χ1n) is 7.13. The number of nitrogens with zero attached hydrogens (tertiary/aromatic N) is 2. The van der Waals surface area contributed by atoms with Gasteiger partial charge in [0.25, 0.3) is 0 Å². The molecule has 5 heteroatoms. The summed E-state index contributed by atoms with van der Waals surface area (Å²) in [5, 5.41) is 12.1. The fourth-order valence-corrected chi connectivity index (χ4v) is 2.56. The third kappa shape index (κ3) is 2.71. The molecule has 0 bridgehead atoms. The van der Waals surface area contributed by atoms with Gasteiger partial charge in [-0.05, 0) is 24.3 Å². The van der Waals surface area contributed by atoms with E-state index in [1.54, 1.807) is 0 Å². The molecular weight excluding hydrogens is 278 g/mol. The van der Waals surface area contributed by atoms with E-state index in [-0.39, 0.29) is 12.5 Å². The molecule has 1 amide bonds. The largest absolute Gasteiger partial charge is 0.395 e. The van der Waals surface area contributed by atoms with Crippen LogP contribution in [0.1, 0.15) is 6.92 Å². The lowest BCUT2D eigenvalue weighted by Gasteiger charge is -2.09. The maximum absolute atomic E-state index is 11.2. The zero-order valence-electron chi connectivity index (χ0n) is 12.3. The van der Waals surface area contributed by atoms with Gasteiger partial charge in [-0.3, -0.25) is 4.79 Å². The fourth-order valence-electron chi connectivity index (χ4n) is 2.56. The number of aliphatic hydroxyl groups is 1. The summed E-state index contributed by atoms with van der Waals surface area (Å²) in [6.45, 7) is 1.99. The third-order valence-corrected chi connectivity index (χ3v) is 3.42. The van der Waals surface area contributed by atoms with E-state index in [4.69, 9.17) is 0 Å². The van der Waals surface area contributed by atoms with Gasteiger partial charge in [0.05, 0.1) is 17.6 Å². The van der Waals surface area contributed by atoms with Crippen LogP contribution >= 0.6 is 0 Å². The summed E-state index contributed by atoms with van der Waals surface area (Å²) >= 11 is 0. The van der Waals surface area contributed by atoms with E-state index < -0.39 is 0 Å². The third-order valence-electron chi connectivity index (χ3n) is 3.42. The number of rotatable bonds is 4. The molecular formula is C17H17N3O2. The van der Waals surface area contributed by atoms with Crippen LogP contribution in [0.5, 0.6) is 0 Å². The molecule has 0 atom stereocenters. The molecule has 22 heavy (non-hydrogen) atoms. The number of carbonyl (C=O) groups is 1. The number of benzene rings is 2. The van der Waals surface area contributed by atoms with E-state index in [1.165, 1.54) is 6.92 Å². The summed E-state index contributed by atoms with van der Waals surface area (Å²) in [5.74, 6) is 0.670. The topological polar surface area (TPSA) is 67.2 Å². The average molecular weight is 295 g/mol. The number of aliphatic hydroxyl groups excluding tert-OH is 1. The maximum atomic E-state index is 11.2. The van der Waals surface area contributed by atoms with Gasteiger partial charge in [0.15, 0.2) is 0 Å². The van der Waals surface area contributed by atoms with Crippen molar-refractivity contribution in [2.75, 3.05) is 11.9 Å². The smallest absolute Gasteiger partial charge is 0.221 e. The number of carbonyl (C=O) groups excluding carboxylic acids is 1. The summed E-state index contributed by atoms with van der Waals surface area (Å²) in [6.07, 6.45) is 0. The zero-order valence-corrected chi connectivity index (χ0v) is 12.3. The molecule has 2 N–H and O–H groups in total. The lowest BCUT2D eigenvalue weighted by Crippen LogP contribution is -2.06. The van der Waals surface area contributed by atoms with E-state index in [1.807, 2.05) is 53.1 Å². The van der Waals surface area contributed by atoms with Crippen LogP contribution in [0, 0.1) is 0 Å². The van der Waals surface area contributed by atoms with Crippen molar-refractivity contribution in [3.8, 4) is 11.4 Å². The van der Waals surface area contributed by atoms with Crippen LogP contribution in [0.25, 0.3) is 22.4 Å². The van der Waals surface area contributed by atoms with Crippen LogP contribution in [0.4, 0.5) is 5.69 Å². The average Bonchev–Trinajstić information content (AvgIpc) is 2.86. The van der Waals surface area contributed by atoms with Crippen molar-refractivity contribution in [3.63, 3.8) is 0 Å². The molecule has 0 spiro atoms. The van der Waals surface area contributed by atoms with E-state index in [0.29, 0.717) is 6.54 Å². The van der Waals surface area contributed by atoms with Crippen molar-refractivity contribution in [2.45, 2.75) is 13.5 Å². The highest BCUT2D eigenvalue weighted by Crippen LogP contribution is 2.26. The minimum atomic E-state index is -0.110. The van der Waals surface area contributed by atoms with Crippen molar-refractivity contribution in [3.05, 3.63) is 48.5 Å². The first kappa shape index (κ1) is 14.3. The minimum Gasteiger partial charge on any atom is -0.395 e. The Morgan fingerprint density at radius 2 is 2.05 bits per heavy atom. The first-order chi connectivity index (χ1) is 10.7. The van der Waals surface area contributed by atoms with Crippen molar-refractivity contribution in [1.82, 2.24) is 9.55 Å². The van der Waals surface area contributed by atoms with E-state index in [9.17, 15) is 9.90 Å². The number of anilines is 1. The normalized spacial score (nSPS) is 10.8. The minimum absolute atomic E-state index is 0.0404. The lowest BCUT2D eigenvalue weighted by molar-refractivity contribution is -0.114. The van der Waals surface area contributed by atoms with Gasteiger partial charge in [-0.2, -0.15) is 0 Å². The molecule has 0 unspecified atom stereocenters. The molecule has 0 aliphatic carbocycles. The predicted octanol–water partition coefficient (Wildman–Crippen LogP) is 2.65. The highest BCUT2D eigenvalue weighted by Gasteiger charge is 2.12. The number of fused-ring (bicyclic) bond motifs is 1. The van der Waals surface area contributed by atoms with Crippen LogP contribution < -0.4 is 5.32 Å². The standard InChI is InChI=1S/C17H17N3O2/c1-12(22)18-14-6-4-5-13(11-14)17-19-15-7-2-3-8-16(15)20(17)9-10-21/h2-8,11,21H,9-10H2,1H3,(H,18,22). The van der Waals surface area contributed by atoms with Crippen LogP contribution in [-0.2, 0) is 11.3 Å². The summed E-state index contributed by atoms with van der Waals surface area (Å²) in [4.78, 5) is 15.9. The number of imidazole rings is 1. The van der Waals surface area contributed by atoms with Gasteiger partial charge in [0, 0.05) is 24.7 Å². The maximum Gasteiger partial charge on any atom is 0.221 e. The van der Waals surface area contributed by atoms with E-state index in [0.717, 1.165) is 28.1 Å². The van der Waals surface area contributed by atoms with Gasteiger partial charge in [-0.1, -0.05) is 24.3 Å². The van der Waals surface area contributed by atoms with Gasteiger partial charge in [0.1, 0.15) is 5.82 Å². The molecule has 1 aromatic heterocycles. The van der Waals surface area contributed by atoms with Crippen LogP contribution in [-0.4, -0.2) is 27.2 Å². The molecule has 0 aliphatic rings. The summed E-state index contributed by atoms with van der Waals surface area (Å²) < 4.78 is 1.99. The van der Waals surface area contributed by atoms with Gasteiger partial charge < -0.3 is 15.0 Å². The lowest BCUT2D eigenvalue weighted by atomic mass is 10.2. The van der Waals surface area contributed by atoms with Gasteiger partial charge >= 0.3 is 0 Å². The Hall–Kier alpha value is -2.66. The monoisotopic (exact) mass is 295 g/mol. The van der Waals surface area contributed by atoms with Gasteiger partial charge in [-0.15, -0.1) is 0 Å². The summed E-state index contributed by atoms with van der Waals surface area (Å²) in [6, 6.07) is 15.4. The van der Waals surface area contributed by atoms with Crippen LogP contribution in [0.2, 0.25) is 0 Å². The number of aromatic nitrogens is 2. The Morgan fingerprint density at radius 1 is 1.23 bits per heavy atom. The van der Waals surface area contributed by atoms with E-state index >= 15 is 0 Å².